The third-order valence-corrected chi connectivity index (χ3v) is 5.05. The van der Waals surface area contributed by atoms with Gasteiger partial charge in [-0.25, -0.2) is 4.98 Å². The summed E-state index contributed by atoms with van der Waals surface area (Å²) >= 11 is 1.53. The number of aryl methyl sites for hydroxylation is 1. The van der Waals surface area contributed by atoms with Crippen LogP contribution in [0.4, 0.5) is 0 Å². The molecule has 0 unspecified atom stereocenters. The molecule has 1 saturated carbocycles. The summed E-state index contributed by atoms with van der Waals surface area (Å²) in [5, 5.41) is 14.8. The van der Waals surface area contributed by atoms with E-state index in [1.807, 2.05) is 12.3 Å². The third-order valence-electron chi connectivity index (χ3n) is 4.08. The molecular weight excluding hydrogens is 288 g/mol. The van der Waals surface area contributed by atoms with Crippen LogP contribution in [0.5, 0.6) is 0 Å². The van der Waals surface area contributed by atoms with E-state index in [4.69, 9.17) is 5.11 Å². The highest BCUT2D eigenvalue weighted by Crippen LogP contribution is 2.42. The molecular formula is C15H22N2O3S. The van der Waals surface area contributed by atoms with Crippen LogP contribution in [0.1, 0.15) is 55.6 Å². The molecule has 116 valence electrons. The van der Waals surface area contributed by atoms with Gasteiger partial charge in [-0.2, -0.15) is 0 Å². The molecule has 0 bridgehead atoms. The van der Waals surface area contributed by atoms with Gasteiger partial charge in [-0.1, -0.05) is 19.3 Å². The molecule has 1 aromatic rings. The SMILES string of the molecule is Cc1csc(CNC(=O)CC2(CC(=O)O)CCCCC2)n1. The molecule has 21 heavy (non-hydrogen) atoms. The third kappa shape index (κ3) is 4.81. The number of carboxylic acid groups (broad SMARTS) is 1. The maximum Gasteiger partial charge on any atom is 0.303 e. The summed E-state index contributed by atoms with van der Waals surface area (Å²) in [6, 6.07) is 0. The Hall–Kier alpha value is -1.43. The molecule has 1 aliphatic carbocycles. The molecule has 1 aromatic heterocycles. The molecule has 2 rings (SSSR count). The van der Waals surface area contributed by atoms with Gasteiger partial charge in [0.15, 0.2) is 0 Å². The summed E-state index contributed by atoms with van der Waals surface area (Å²) in [7, 11) is 0. The van der Waals surface area contributed by atoms with Crippen molar-refractivity contribution in [1.82, 2.24) is 10.3 Å². The fourth-order valence-corrected chi connectivity index (χ4v) is 3.81. The summed E-state index contributed by atoms with van der Waals surface area (Å²) in [6.45, 7) is 2.35. The zero-order valence-corrected chi connectivity index (χ0v) is 13.2. The number of nitrogens with one attached hydrogen (secondary N) is 1. The molecule has 1 fully saturated rings. The van der Waals surface area contributed by atoms with Gasteiger partial charge in [0.05, 0.1) is 13.0 Å². The van der Waals surface area contributed by atoms with Crippen LogP contribution in [-0.2, 0) is 16.1 Å². The Morgan fingerprint density at radius 3 is 2.62 bits per heavy atom. The van der Waals surface area contributed by atoms with Crippen molar-refractivity contribution in [3.8, 4) is 0 Å². The number of carbonyl (C=O) groups is 2. The van der Waals surface area contributed by atoms with Gasteiger partial charge in [0.1, 0.15) is 5.01 Å². The molecule has 6 heteroatoms. The van der Waals surface area contributed by atoms with Crippen LogP contribution in [0, 0.1) is 12.3 Å². The lowest BCUT2D eigenvalue weighted by Crippen LogP contribution is -2.35. The highest BCUT2D eigenvalue weighted by Gasteiger charge is 2.36. The number of carboxylic acids is 1. The number of thiazole rings is 1. The predicted octanol–water partition coefficient (Wildman–Crippen LogP) is 2.88. The Labute approximate surface area is 128 Å². The second-order valence-electron chi connectivity index (χ2n) is 5.97. The molecule has 0 radical (unpaired) electrons. The van der Waals surface area contributed by atoms with Crippen LogP contribution in [0.2, 0.25) is 0 Å². The summed E-state index contributed by atoms with van der Waals surface area (Å²) in [5.74, 6) is -0.869. The average molecular weight is 310 g/mol. The van der Waals surface area contributed by atoms with Gasteiger partial charge in [-0.15, -0.1) is 11.3 Å². The molecule has 5 nitrogen and oxygen atoms in total. The zero-order chi connectivity index (χ0) is 15.3. The van der Waals surface area contributed by atoms with Crippen molar-refractivity contribution in [1.29, 1.82) is 0 Å². The van der Waals surface area contributed by atoms with Crippen LogP contribution in [-0.4, -0.2) is 22.0 Å². The number of rotatable bonds is 6. The van der Waals surface area contributed by atoms with Crippen molar-refractivity contribution in [3.63, 3.8) is 0 Å². The van der Waals surface area contributed by atoms with Crippen molar-refractivity contribution in [2.45, 2.75) is 58.4 Å². The second kappa shape index (κ2) is 7.02. The molecule has 0 aliphatic heterocycles. The van der Waals surface area contributed by atoms with Gasteiger partial charge in [-0.3, -0.25) is 9.59 Å². The fraction of sp³-hybridized carbons (Fsp3) is 0.667. The highest BCUT2D eigenvalue weighted by atomic mass is 32.1. The Bertz CT molecular complexity index is 507. The first kappa shape index (κ1) is 15.9. The van der Waals surface area contributed by atoms with E-state index >= 15 is 0 Å². The minimum atomic E-state index is -0.805. The molecule has 0 atom stereocenters. The maximum atomic E-state index is 12.2. The monoisotopic (exact) mass is 310 g/mol. The summed E-state index contributed by atoms with van der Waals surface area (Å²) < 4.78 is 0. The lowest BCUT2D eigenvalue weighted by atomic mass is 9.69. The van der Waals surface area contributed by atoms with E-state index < -0.39 is 5.97 Å². The summed E-state index contributed by atoms with van der Waals surface area (Å²) in [4.78, 5) is 27.6. The van der Waals surface area contributed by atoms with Gasteiger partial charge in [0, 0.05) is 17.5 Å². The molecule has 1 heterocycles. The Morgan fingerprint density at radius 1 is 1.33 bits per heavy atom. The van der Waals surface area contributed by atoms with Gasteiger partial charge in [0.25, 0.3) is 0 Å². The molecule has 0 aromatic carbocycles. The topological polar surface area (TPSA) is 79.3 Å². The standard InChI is InChI=1S/C15H22N2O3S/c1-11-10-21-13(17-11)9-16-12(18)7-15(8-14(19)20)5-3-2-4-6-15/h10H,2-9H2,1H3,(H,16,18)(H,19,20). The Kier molecular flexibility index (Phi) is 5.33. The summed E-state index contributed by atoms with van der Waals surface area (Å²) in [6.07, 6.45) is 5.26. The molecule has 0 saturated heterocycles. The number of hydrogen-bond donors (Lipinski definition) is 2. The first-order valence-electron chi connectivity index (χ1n) is 7.39. The zero-order valence-electron chi connectivity index (χ0n) is 12.4. The number of aliphatic carboxylic acids is 1. The minimum absolute atomic E-state index is 0.0639. The number of aromatic nitrogens is 1. The number of amides is 1. The van der Waals surface area contributed by atoms with E-state index in [1.54, 1.807) is 0 Å². The van der Waals surface area contributed by atoms with Crippen molar-refractivity contribution in [2.24, 2.45) is 5.41 Å². The molecule has 2 N–H and O–H groups in total. The summed E-state index contributed by atoms with van der Waals surface area (Å²) in [5.41, 5.74) is 0.603. The first-order valence-corrected chi connectivity index (χ1v) is 8.27. The van der Waals surface area contributed by atoms with Crippen LogP contribution in [0.25, 0.3) is 0 Å². The Balaban J connectivity index is 1.89. The van der Waals surface area contributed by atoms with Crippen molar-refractivity contribution < 1.29 is 14.7 Å². The quantitative estimate of drug-likeness (QED) is 0.846. The lowest BCUT2D eigenvalue weighted by Gasteiger charge is -2.35. The van der Waals surface area contributed by atoms with E-state index in [0.717, 1.165) is 42.8 Å². The number of carbonyl (C=O) groups excluding carboxylic acids is 1. The average Bonchev–Trinajstić information content (AvgIpc) is 2.82. The van der Waals surface area contributed by atoms with Gasteiger partial charge < -0.3 is 10.4 Å². The van der Waals surface area contributed by atoms with E-state index in [1.165, 1.54) is 11.3 Å². The van der Waals surface area contributed by atoms with Gasteiger partial charge >= 0.3 is 5.97 Å². The maximum absolute atomic E-state index is 12.2. The van der Waals surface area contributed by atoms with Crippen molar-refractivity contribution in [3.05, 3.63) is 16.1 Å². The first-order chi connectivity index (χ1) is 9.99. The minimum Gasteiger partial charge on any atom is -0.481 e. The lowest BCUT2D eigenvalue weighted by molar-refractivity contribution is -0.141. The van der Waals surface area contributed by atoms with Crippen LogP contribution in [0.15, 0.2) is 5.38 Å². The normalized spacial score (nSPS) is 17.4. The van der Waals surface area contributed by atoms with E-state index in [0.29, 0.717) is 13.0 Å². The molecule has 1 aliphatic rings. The highest BCUT2D eigenvalue weighted by molar-refractivity contribution is 7.09. The van der Waals surface area contributed by atoms with Crippen LogP contribution < -0.4 is 5.32 Å². The fourth-order valence-electron chi connectivity index (χ4n) is 3.10. The van der Waals surface area contributed by atoms with Crippen LogP contribution >= 0.6 is 11.3 Å². The van der Waals surface area contributed by atoms with E-state index in [9.17, 15) is 9.59 Å². The van der Waals surface area contributed by atoms with Crippen LogP contribution in [0.3, 0.4) is 0 Å². The van der Waals surface area contributed by atoms with Gasteiger partial charge in [-0.05, 0) is 25.2 Å². The second-order valence-corrected chi connectivity index (χ2v) is 6.91. The van der Waals surface area contributed by atoms with E-state index in [-0.39, 0.29) is 17.7 Å². The Morgan fingerprint density at radius 2 is 2.05 bits per heavy atom. The smallest absolute Gasteiger partial charge is 0.303 e. The number of nitrogens with zero attached hydrogens (tertiary/aromatic N) is 1. The van der Waals surface area contributed by atoms with E-state index in [2.05, 4.69) is 10.3 Å². The largest absolute Gasteiger partial charge is 0.481 e. The predicted molar refractivity (Wildman–Crippen MR) is 81.1 cm³/mol. The molecule has 0 spiro atoms. The van der Waals surface area contributed by atoms with Crippen molar-refractivity contribution >= 4 is 23.2 Å². The van der Waals surface area contributed by atoms with Crippen molar-refractivity contribution in [2.75, 3.05) is 0 Å². The molecule has 1 amide bonds. The van der Waals surface area contributed by atoms with Gasteiger partial charge in [0.2, 0.25) is 5.91 Å². The number of hydrogen-bond acceptors (Lipinski definition) is 4.